The van der Waals surface area contributed by atoms with Gasteiger partial charge in [0, 0.05) is 12.4 Å². The van der Waals surface area contributed by atoms with Gasteiger partial charge in [-0.2, -0.15) is 0 Å². The first kappa shape index (κ1) is 13.7. The Hall–Kier alpha value is -2.37. The predicted octanol–water partition coefficient (Wildman–Crippen LogP) is 1.29. The van der Waals surface area contributed by atoms with Crippen LogP contribution in [-0.2, 0) is 16.1 Å². The van der Waals surface area contributed by atoms with Crippen LogP contribution in [0.25, 0.3) is 0 Å². The molecule has 6 heteroatoms. The van der Waals surface area contributed by atoms with Crippen LogP contribution in [0.5, 0.6) is 0 Å². The van der Waals surface area contributed by atoms with Crippen LogP contribution in [0.15, 0.2) is 37.2 Å². The molecular formula is C12H14N2O4. The topological polar surface area (TPSA) is 79.7 Å². The molecular weight excluding hydrogens is 236 g/mol. The number of rotatable bonds is 6. The number of carbonyl (C=O) groups excluding carboxylic acids is 1. The fraction of sp³-hybridized carbons (Fsp3) is 0.250. The summed E-state index contributed by atoms with van der Waals surface area (Å²) in [6.07, 6.45) is 3.89. The molecule has 0 radical (unpaired) electrons. The lowest BCUT2D eigenvalue weighted by atomic mass is 10.2. The molecule has 1 heterocycles. The molecule has 0 aliphatic carbocycles. The van der Waals surface area contributed by atoms with Gasteiger partial charge in [0.1, 0.15) is 13.2 Å². The summed E-state index contributed by atoms with van der Waals surface area (Å²) in [5.74, 6) is -1.10. The summed E-state index contributed by atoms with van der Waals surface area (Å²) in [7, 11) is 0. The van der Waals surface area contributed by atoms with Crippen molar-refractivity contribution in [1.29, 1.82) is 0 Å². The number of hydrogen-bond donors (Lipinski definition) is 1. The van der Waals surface area contributed by atoms with Crippen LogP contribution in [0.3, 0.4) is 0 Å². The molecule has 0 spiro atoms. The Bertz CT molecular complexity index is 419. The molecule has 1 aromatic rings. The largest absolute Gasteiger partial charge is 0.480 e. The normalized spacial score (nSPS) is 9.56. The molecule has 1 rings (SSSR count). The highest BCUT2D eigenvalue weighted by Gasteiger charge is 2.18. The minimum Gasteiger partial charge on any atom is -0.480 e. The number of carbonyl (C=O) groups is 2. The Labute approximate surface area is 105 Å². The van der Waals surface area contributed by atoms with Crippen molar-refractivity contribution in [2.75, 3.05) is 13.2 Å². The molecule has 1 N–H and O–H groups in total. The molecule has 6 nitrogen and oxygen atoms in total. The van der Waals surface area contributed by atoms with Crippen LogP contribution >= 0.6 is 0 Å². The number of nitrogens with zero attached hydrogens (tertiary/aromatic N) is 2. The molecule has 1 amide bonds. The smallest absolute Gasteiger partial charge is 0.410 e. The van der Waals surface area contributed by atoms with Crippen LogP contribution in [0.1, 0.15) is 5.56 Å². The lowest BCUT2D eigenvalue weighted by Crippen LogP contribution is -2.35. The van der Waals surface area contributed by atoms with E-state index in [2.05, 4.69) is 11.6 Å². The number of aromatic nitrogens is 1. The molecule has 96 valence electrons. The van der Waals surface area contributed by atoms with Gasteiger partial charge in [-0.3, -0.25) is 14.7 Å². The number of aliphatic carboxylic acids is 1. The zero-order chi connectivity index (χ0) is 13.4. The summed E-state index contributed by atoms with van der Waals surface area (Å²) in [6, 6.07) is 3.46. The van der Waals surface area contributed by atoms with E-state index in [4.69, 9.17) is 9.84 Å². The molecule has 0 atom stereocenters. The number of pyridine rings is 1. The first-order valence-corrected chi connectivity index (χ1v) is 5.26. The Balaban J connectivity index is 2.68. The quantitative estimate of drug-likeness (QED) is 0.769. The van der Waals surface area contributed by atoms with Gasteiger partial charge in [0.15, 0.2) is 0 Å². The molecule has 0 bridgehead atoms. The van der Waals surface area contributed by atoms with Gasteiger partial charge < -0.3 is 9.84 Å². The Kier molecular flexibility index (Phi) is 5.37. The maximum Gasteiger partial charge on any atom is 0.410 e. The van der Waals surface area contributed by atoms with Gasteiger partial charge in [0.2, 0.25) is 0 Å². The predicted molar refractivity (Wildman–Crippen MR) is 63.8 cm³/mol. The summed E-state index contributed by atoms with van der Waals surface area (Å²) < 4.78 is 4.81. The average Bonchev–Trinajstić information content (AvgIpc) is 2.36. The average molecular weight is 250 g/mol. The van der Waals surface area contributed by atoms with Crippen molar-refractivity contribution in [1.82, 2.24) is 9.88 Å². The van der Waals surface area contributed by atoms with Gasteiger partial charge in [-0.15, -0.1) is 0 Å². The van der Waals surface area contributed by atoms with Crippen LogP contribution in [0.4, 0.5) is 4.79 Å². The summed E-state index contributed by atoms with van der Waals surface area (Å²) in [6.45, 7) is 3.17. The molecule has 18 heavy (non-hydrogen) atoms. The zero-order valence-corrected chi connectivity index (χ0v) is 9.78. The van der Waals surface area contributed by atoms with E-state index >= 15 is 0 Å². The van der Waals surface area contributed by atoms with E-state index in [0.29, 0.717) is 0 Å². The maximum absolute atomic E-state index is 11.6. The van der Waals surface area contributed by atoms with E-state index in [9.17, 15) is 9.59 Å². The standard InChI is InChI=1S/C12H14N2O4/c1-2-6-18-12(17)14(9-11(15)16)8-10-4-3-5-13-7-10/h2-5,7H,1,6,8-9H2,(H,15,16). The summed E-state index contributed by atoms with van der Waals surface area (Å²) >= 11 is 0. The van der Waals surface area contributed by atoms with Gasteiger partial charge in [-0.1, -0.05) is 18.7 Å². The SMILES string of the molecule is C=CCOC(=O)N(CC(=O)O)Cc1cccnc1. The first-order valence-electron chi connectivity index (χ1n) is 5.26. The van der Waals surface area contributed by atoms with Crippen molar-refractivity contribution in [3.63, 3.8) is 0 Å². The molecule has 1 aromatic heterocycles. The van der Waals surface area contributed by atoms with Crippen LogP contribution in [-0.4, -0.2) is 40.2 Å². The van der Waals surface area contributed by atoms with Crippen LogP contribution in [0.2, 0.25) is 0 Å². The minimum atomic E-state index is -1.10. The van der Waals surface area contributed by atoms with E-state index in [0.717, 1.165) is 10.5 Å². The van der Waals surface area contributed by atoms with E-state index in [1.165, 1.54) is 6.08 Å². The lowest BCUT2D eigenvalue weighted by molar-refractivity contribution is -0.138. The number of carboxylic acid groups (broad SMARTS) is 1. The van der Waals surface area contributed by atoms with Gasteiger partial charge in [0.05, 0.1) is 6.54 Å². The molecule has 0 fully saturated rings. The zero-order valence-electron chi connectivity index (χ0n) is 9.78. The Morgan fingerprint density at radius 3 is 2.89 bits per heavy atom. The number of carboxylic acids is 1. The van der Waals surface area contributed by atoms with Gasteiger partial charge in [-0.25, -0.2) is 4.79 Å². The summed E-state index contributed by atoms with van der Waals surface area (Å²) in [5.41, 5.74) is 0.731. The van der Waals surface area contributed by atoms with E-state index < -0.39 is 18.6 Å². The summed E-state index contributed by atoms with van der Waals surface area (Å²) in [5, 5.41) is 8.75. The molecule has 0 aliphatic rings. The van der Waals surface area contributed by atoms with Gasteiger partial charge >= 0.3 is 12.1 Å². The first-order chi connectivity index (χ1) is 8.63. The maximum atomic E-state index is 11.6. The van der Waals surface area contributed by atoms with E-state index in [1.54, 1.807) is 24.5 Å². The summed E-state index contributed by atoms with van der Waals surface area (Å²) in [4.78, 5) is 27.3. The third kappa shape index (κ3) is 4.65. The van der Waals surface area contributed by atoms with Crippen molar-refractivity contribution in [3.05, 3.63) is 42.7 Å². The molecule has 0 aliphatic heterocycles. The van der Waals surface area contributed by atoms with Crippen molar-refractivity contribution in [2.45, 2.75) is 6.54 Å². The second-order valence-electron chi connectivity index (χ2n) is 3.48. The number of hydrogen-bond acceptors (Lipinski definition) is 4. The van der Waals surface area contributed by atoms with Gasteiger partial charge in [0.25, 0.3) is 0 Å². The van der Waals surface area contributed by atoms with Crippen LogP contribution < -0.4 is 0 Å². The Morgan fingerprint density at radius 1 is 1.56 bits per heavy atom. The second kappa shape index (κ2) is 7.05. The fourth-order valence-corrected chi connectivity index (χ4v) is 1.28. The highest BCUT2D eigenvalue weighted by molar-refractivity contribution is 5.76. The van der Waals surface area contributed by atoms with E-state index in [1.807, 2.05) is 0 Å². The fourth-order valence-electron chi connectivity index (χ4n) is 1.28. The highest BCUT2D eigenvalue weighted by atomic mass is 16.6. The van der Waals surface area contributed by atoms with Crippen molar-refractivity contribution < 1.29 is 19.4 Å². The molecule has 0 saturated carbocycles. The highest BCUT2D eigenvalue weighted by Crippen LogP contribution is 2.04. The van der Waals surface area contributed by atoms with Crippen molar-refractivity contribution >= 4 is 12.1 Å². The van der Waals surface area contributed by atoms with E-state index in [-0.39, 0.29) is 13.2 Å². The number of ether oxygens (including phenoxy) is 1. The third-order valence-corrected chi connectivity index (χ3v) is 2.01. The molecule has 0 saturated heterocycles. The Morgan fingerprint density at radius 2 is 2.33 bits per heavy atom. The third-order valence-electron chi connectivity index (χ3n) is 2.01. The monoisotopic (exact) mass is 250 g/mol. The van der Waals surface area contributed by atoms with Gasteiger partial charge in [-0.05, 0) is 11.6 Å². The number of amides is 1. The van der Waals surface area contributed by atoms with Crippen molar-refractivity contribution in [2.24, 2.45) is 0 Å². The van der Waals surface area contributed by atoms with Crippen LogP contribution in [0, 0.1) is 0 Å². The molecule has 0 unspecified atom stereocenters. The molecule has 0 aromatic carbocycles. The minimum absolute atomic E-state index is 0.0436. The van der Waals surface area contributed by atoms with Crippen molar-refractivity contribution in [3.8, 4) is 0 Å². The second-order valence-corrected chi connectivity index (χ2v) is 3.48. The lowest BCUT2D eigenvalue weighted by Gasteiger charge is -2.19.